The summed E-state index contributed by atoms with van der Waals surface area (Å²) in [4.78, 5) is 2.61. The summed E-state index contributed by atoms with van der Waals surface area (Å²) in [6, 6.07) is 1.08. The molecular weight excluding hydrogens is 172 g/mol. The Kier molecular flexibility index (Phi) is 3.24. The highest BCUT2D eigenvalue weighted by molar-refractivity contribution is 5.00. The van der Waals surface area contributed by atoms with Gasteiger partial charge in [-0.05, 0) is 45.1 Å². The number of rotatable bonds is 2. The van der Waals surface area contributed by atoms with Crippen molar-refractivity contribution in [2.75, 3.05) is 13.1 Å². The van der Waals surface area contributed by atoms with Crippen molar-refractivity contribution in [2.24, 2.45) is 11.7 Å². The fraction of sp³-hybridized carbons (Fsp3) is 0.833. The van der Waals surface area contributed by atoms with Gasteiger partial charge in [0, 0.05) is 18.6 Å². The minimum atomic E-state index is 0.368. The Morgan fingerprint density at radius 1 is 1.43 bits per heavy atom. The van der Waals surface area contributed by atoms with Crippen LogP contribution in [0.5, 0.6) is 0 Å². The van der Waals surface area contributed by atoms with Gasteiger partial charge >= 0.3 is 0 Å². The smallest absolute Gasteiger partial charge is 0.0278 e. The third-order valence-corrected chi connectivity index (χ3v) is 3.70. The van der Waals surface area contributed by atoms with Crippen molar-refractivity contribution in [1.29, 1.82) is 0 Å². The second-order valence-electron chi connectivity index (χ2n) is 4.83. The Hall–Kier alpha value is -0.340. The topological polar surface area (TPSA) is 29.3 Å². The normalized spacial score (nSPS) is 36.1. The molecule has 2 aliphatic rings. The van der Waals surface area contributed by atoms with Crippen LogP contribution < -0.4 is 5.73 Å². The van der Waals surface area contributed by atoms with Gasteiger partial charge in [0.05, 0.1) is 0 Å². The summed E-state index contributed by atoms with van der Waals surface area (Å²) in [6.07, 6.45) is 10.0. The second-order valence-corrected chi connectivity index (χ2v) is 4.83. The second kappa shape index (κ2) is 4.45. The number of hydrogen-bond donors (Lipinski definition) is 1. The van der Waals surface area contributed by atoms with Crippen LogP contribution in [0.1, 0.15) is 32.6 Å². The molecule has 0 amide bonds. The van der Waals surface area contributed by atoms with E-state index in [4.69, 9.17) is 5.73 Å². The molecule has 14 heavy (non-hydrogen) atoms. The summed E-state index contributed by atoms with van der Waals surface area (Å²) in [7, 11) is 0. The maximum absolute atomic E-state index is 5.94. The van der Waals surface area contributed by atoms with Gasteiger partial charge in [-0.25, -0.2) is 0 Å². The molecule has 0 saturated carbocycles. The lowest BCUT2D eigenvalue weighted by Gasteiger charge is -2.27. The van der Waals surface area contributed by atoms with Crippen molar-refractivity contribution >= 4 is 0 Å². The van der Waals surface area contributed by atoms with E-state index >= 15 is 0 Å². The Bertz CT molecular complexity index is 210. The van der Waals surface area contributed by atoms with Crippen molar-refractivity contribution in [3.8, 4) is 0 Å². The van der Waals surface area contributed by atoms with E-state index in [0.29, 0.717) is 12.1 Å². The lowest BCUT2D eigenvalue weighted by molar-refractivity contribution is 0.249. The Labute approximate surface area is 87.2 Å². The molecule has 3 atom stereocenters. The zero-order valence-corrected chi connectivity index (χ0v) is 9.15. The largest absolute Gasteiger partial charge is 0.328 e. The highest BCUT2D eigenvalue weighted by Crippen LogP contribution is 2.25. The fourth-order valence-electron chi connectivity index (χ4n) is 2.64. The summed E-state index contributed by atoms with van der Waals surface area (Å²) in [6.45, 7) is 4.61. The number of nitrogens with zero attached hydrogens (tertiary/aromatic N) is 1. The maximum atomic E-state index is 5.94. The predicted molar refractivity (Wildman–Crippen MR) is 60.1 cm³/mol. The van der Waals surface area contributed by atoms with Crippen molar-refractivity contribution in [2.45, 2.75) is 44.7 Å². The van der Waals surface area contributed by atoms with E-state index < -0.39 is 0 Å². The minimum Gasteiger partial charge on any atom is -0.328 e. The quantitative estimate of drug-likeness (QED) is 0.679. The summed E-state index contributed by atoms with van der Waals surface area (Å²) in [5, 5.41) is 0. The third-order valence-electron chi connectivity index (χ3n) is 3.70. The predicted octanol–water partition coefficient (Wildman–Crippen LogP) is 1.76. The lowest BCUT2D eigenvalue weighted by Crippen LogP contribution is -2.35. The van der Waals surface area contributed by atoms with E-state index in [9.17, 15) is 0 Å². The molecule has 0 aromatic heterocycles. The van der Waals surface area contributed by atoms with E-state index in [0.717, 1.165) is 5.92 Å². The van der Waals surface area contributed by atoms with Gasteiger partial charge in [-0.3, -0.25) is 4.90 Å². The van der Waals surface area contributed by atoms with Gasteiger partial charge in [-0.15, -0.1) is 0 Å². The van der Waals surface area contributed by atoms with Crippen molar-refractivity contribution in [3.63, 3.8) is 0 Å². The Balaban J connectivity index is 1.88. The van der Waals surface area contributed by atoms with Gasteiger partial charge in [0.15, 0.2) is 0 Å². The molecule has 1 aliphatic carbocycles. The first kappa shape index (κ1) is 10.2. The van der Waals surface area contributed by atoms with Crippen LogP contribution in [0.15, 0.2) is 12.2 Å². The molecule has 2 nitrogen and oxygen atoms in total. The van der Waals surface area contributed by atoms with Gasteiger partial charge < -0.3 is 5.73 Å². The molecule has 1 saturated heterocycles. The number of allylic oxidation sites excluding steroid dienone is 1. The molecule has 80 valence electrons. The number of hydrogen-bond acceptors (Lipinski definition) is 2. The van der Waals surface area contributed by atoms with Crippen LogP contribution in [0, 0.1) is 5.92 Å². The zero-order chi connectivity index (χ0) is 9.97. The van der Waals surface area contributed by atoms with E-state index in [-0.39, 0.29) is 0 Å². The van der Waals surface area contributed by atoms with Gasteiger partial charge in [0.2, 0.25) is 0 Å². The number of likely N-dealkylation sites (tertiary alicyclic amines) is 1. The van der Waals surface area contributed by atoms with E-state index in [2.05, 4.69) is 24.0 Å². The molecule has 2 N–H and O–H groups in total. The van der Waals surface area contributed by atoms with Crippen molar-refractivity contribution in [1.82, 2.24) is 4.90 Å². The fourth-order valence-corrected chi connectivity index (χ4v) is 2.64. The summed E-state index contributed by atoms with van der Waals surface area (Å²) < 4.78 is 0. The zero-order valence-electron chi connectivity index (χ0n) is 9.15. The van der Waals surface area contributed by atoms with Crippen molar-refractivity contribution in [3.05, 3.63) is 12.2 Å². The number of nitrogens with two attached hydrogens (primary N) is 1. The molecule has 0 aromatic carbocycles. The third kappa shape index (κ3) is 2.18. The SMILES string of the molecule is CC(N)C1CCN(C2C=CCCC2)C1. The monoisotopic (exact) mass is 194 g/mol. The van der Waals surface area contributed by atoms with Crippen LogP contribution in [-0.4, -0.2) is 30.1 Å². The van der Waals surface area contributed by atoms with Crippen LogP contribution in [-0.2, 0) is 0 Å². The van der Waals surface area contributed by atoms with Gasteiger partial charge in [0.25, 0.3) is 0 Å². The first-order chi connectivity index (χ1) is 6.77. The van der Waals surface area contributed by atoms with Crippen LogP contribution in [0.2, 0.25) is 0 Å². The molecule has 0 aromatic rings. The average Bonchev–Trinajstić information content (AvgIpc) is 2.68. The molecule has 1 heterocycles. The molecule has 0 spiro atoms. The highest BCUT2D eigenvalue weighted by atomic mass is 15.2. The molecule has 1 fully saturated rings. The molecule has 0 radical (unpaired) electrons. The lowest BCUT2D eigenvalue weighted by atomic mass is 10.0. The first-order valence-electron chi connectivity index (χ1n) is 5.93. The van der Waals surface area contributed by atoms with Crippen LogP contribution in [0.3, 0.4) is 0 Å². The van der Waals surface area contributed by atoms with Gasteiger partial charge in [-0.1, -0.05) is 12.2 Å². The molecule has 2 heteroatoms. The Morgan fingerprint density at radius 3 is 2.86 bits per heavy atom. The van der Waals surface area contributed by atoms with Crippen LogP contribution >= 0.6 is 0 Å². The van der Waals surface area contributed by atoms with E-state index in [1.165, 1.54) is 38.8 Å². The summed E-state index contributed by atoms with van der Waals surface area (Å²) in [5.74, 6) is 0.727. The molecular formula is C12H22N2. The highest BCUT2D eigenvalue weighted by Gasteiger charge is 2.29. The molecule has 3 unspecified atom stereocenters. The van der Waals surface area contributed by atoms with Gasteiger partial charge in [-0.2, -0.15) is 0 Å². The standard InChI is InChI=1S/C12H22N2/c1-10(13)11-7-8-14(9-11)12-5-3-2-4-6-12/h3,5,10-12H,2,4,6-9,13H2,1H3. The first-order valence-corrected chi connectivity index (χ1v) is 5.93. The molecule has 1 aliphatic heterocycles. The van der Waals surface area contributed by atoms with Crippen LogP contribution in [0.4, 0.5) is 0 Å². The van der Waals surface area contributed by atoms with Crippen LogP contribution in [0.25, 0.3) is 0 Å². The molecule has 2 rings (SSSR count). The minimum absolute atomic E-state index is 0.368. The summed E-state index contributed by atoms with van der Waals surface area (Å²) >= 11 is 0. The van der Waals surface area contributed by atoms with E-state index in [1.807, 2.05) is 0 Å². The van der Waals surface area contributed by atoms with E-state index in [1.54, 1.807) is 0 Å². The Morgan fingerprint density at radius 2 is 2.29 bits per heavy atom. The van der Waals surface area contributed by atoms with Gasteiger partial charge in [0.1, 0.15) is 0 Å². The molecule has 0 bridgehead atoms. The summed E-state index contributed by atoms with van der Waals surface area (Å²) in [5.41, 5.74) is 5.94. The maximum Gasteiger partial charge on any atom is 0.0278 e. The van der Waals surface area contributed by atoms with Crippen molar-refractivity contribution < 1.29 is 0 Å². The average molecular weight is 194 g/mol.